The molecule has 0 aliphatic carbocycles. The van der Waals surface area contributed by atoms with E-state index in [-0.39, 0.29) is 23.7 Å². The first-order valence-corrected chi connectivity index (χ1v) is 9.52. The van der Waals surface area contributed by atoms with E-state index in [1.807, 2.05) is 29.2 Å². The van der Waals surface area contributed by atoms with Gasteiger partial charge in [0, 0.05) is 18.7 Å². The number of allylic oxidation sites excluding steroid dienone is 1. The standard InChI is InChI=1S/C21H28N2O2/c1-2-16(15-20(24)18-8-5-6-13-22-18)10-11-21(25)23-14-12-17-7-3-4-9-19(17)23/h3-4,7,9-11,16,18,22H,2,5-6,8,12-15H2,1H3/b11-10+/t16-,18-/m0/s1. The predicted molar refractivity (Wildman–Crippen MR) is 101 cm³/mol. The maximum atomic E-state index is 12.6. The number of anilines is 1. The van der Waals surface area contributed by atoms with Crippen molar-refractivity contribution in [1.82, 2.24) is 5.32 Å². The summed E-state index contributed by atoms with van der Waals surface area (Å²) in [6.45, 7) is 3.76. The second kappa shape index (κ2) is 8.43. The van der Waals surface area contributed by atoms with E-state index in [2.05, 4.69) is 18.3 Å². The van der Waals surface area contributed by atoms with Crippen molar-refractivity contribution in [2.45, 2.75) is 51.5 Å². The summed E-state index contributed by atoms with van der Waals surface area (Å²) < 4.78 is 0. The van der Waals surface area contributed by atoms with Crippen LogP contribution in [0.2, 0.25) is 0 Å². The Bertz CT molecular complexity index is 647. The average molecular weight is 340 g/mol. The molecule has 25 heavy (non-hydrogen) atoms. The zero-order chi connectivity index (χ0) is 17.6. The van der Waals surface area contributed by atoms with E-state index in [9.17, 15) is 9.59 Å². The van der Waals surface area contributed by atoms with Crippen LogP contribution in [-0.2, 0) is 16.0 Å². The number of para-hydroxylation sites is 1. The molecule has 2 heterocycles. The fourth-order valence-electron chi connectivity index (χ4n) is 3.75. The maximum absolute atomic E-state index is 12.6. The van der Waals surface area contributed by atoms with Gasteiger partial charge in [0.2, 0.25) is 0 Å². The van der Waals surface area contributed by atoms with Gasteiger partial charge in [-0.05, 0) is 55.9 Å². The molecule has 0 saturated carbocycles. The SMILES string of the molecule is CC[C@@H](/C=C/C(=O)N1CCc2ccccc21)CC(=O)[C@@H]1CCCCN1. The largest absolute Gasteiger partial charge is 0.308 e. The summed E-state index contributed by atoms with van der Waals surface area (Å²) in [7, 11) is 0. The smallest absolute Gasteiger partial charge is 0.250 e. The van der Waals surface area contributed by atoms with Gasteiger partial charge in [0.15, 0.2) is 0 Å². The number of rotatable bonds is 6. The first-order valence-electron chi connectivity index (χ1n) is 9.52. The van der Waals surface area contributed by atoms with Crippen LogP contribution >= 0.6 is 0 Å². The van der Waals surface area contributed by atoms with Crippen molar-refractivity contribution in [1.29, 1.82) is 0 Å². The van der Waals surface area contributed by atoms with Gasteiger partial charge in [-0.1, -0.05) is 37.6 Å². The molecule has 0 bridgehead atoms. The van der Waals surface area contributed by atoms with E-state index in [1.165, 1.54) is 5.56 Å². The third-order valence-electron chi connectivity index (χ3n) is 5.35. The number of ketones is 1. The Kier molecular flexibility index (Phi) is 6.03. The zero-order valence-electron chi connectivity index (χ0n) is 15.0. The van der Waals surface area contributed by atoms with Crippen LogP contribution < -0.4 is 10.2 Å². The summed E-state index contributed by atoms with van der Waals surface area (Å²) in [6.07, 6.45) is 9.14. The Hall–Kier alpha value is -1.94. The van der Waals surface area contributed by atoms with Crippen molar-refractivity contribution in [2.24, 2.45) is 5.92 Å². The van der Waals surface area contributed by atoms with Crippen LogP contribution in [0.15, 0.2) is 36.4 Å². The lowest BCUT2D eigenvalue weighted by molar-refractivity contribution is -0.122. The number of carbonyl (C=O) groups excluding carboxylic acids is 2. The number of amides is 1. The minimum absolute atomic E-state index is 0.0114. The molecule has 1 fully saturated rings. The summed E-state index contributed by atoms with van der Waals surface area (Å²) in [5.74, 6) is 0.444. The zero-order valence-corrected chi connectivity index (χ0v) is 15.0. The molecule has 2 atom stereocenters. The Morgan fingerprint density at radius 2 is 2.16 bits per heavy atom. The van der Waals surface area contributed by atoms with E-state index in [0.29, 0.717) is 6.42 Å². The summed E-state index contributed by atoms with van der Waals surface area (Å²) in [5.41, 5.74) is 2.25. The van der Waals surface area contributed by atoms with Gasteiger partial charge in [0.1, 0.15) is 5.78 Å². The van der Waals surface area contributed by atoms with Crippen molar-refractivity contribution in [3.63, 3.8) is 0 Å². The fraction of sp³-hybridized carbons (Fsp3) is 0.524. The number of nitrogens with one attached hydrogen (secondary N) is 1. The quantitative estimate of drug-likeness (QED) is 0.809. The number of Topliss-reactive ketones (excluding diaryl/α,β-unsaturated/α-hetero) is 1. The summed E-state index contributed by atoms with van der Waals surface area (Å²) in [4.78, 5) is 26.8. The fourth-order valence-corrected chi connectivity index (χ4v) is 3.75. The molecule has 1 saturated heterocycles. The third-order valence-corrected chi connectivity index (χ3v) is 5.35. The Balaban J connectivity index is 1.57. The molecule has 0 spiro atoms. The van der Waals surface area contributed by atoms with Gasteiger partial charge >= 0.3 is 0 Å². The van der Waals surface area contributed by atoms with E-state index < -0.39 is 0 Å². The number of nitrogens with zero attached hydrogens (tertiary/aromatic N) is 1. The number of hydrogen-bond acceptors (Lipinski definition) is 3. The van der Waals surface area contributed by atoms with Crippen LogP contribution in [0.1, 0.15) is 44.6 Å². The molecular weight excluding hydrogens is 312 g/mol. The van der Waals surface area contributed by atoms with E-state index >= 15 is 0 Å². The van der Waals surface area contributed by atoms with Gasteiger partial charge in [-0.25, -0.2) is 0 Å². The van der Waals surface area contributed by atoms with Gasteiger partial charge in [0.05, 0.1) is 6.04 Å². The summed E-state index contributed by atoms with van der Waals surface area (Å²) >= 11 is 0. The molecule has 2 aliphatic rings. The van der Waals surface area contributed by atoms with Crippen molar-refractivity contribution in [3.8, 4) is 0 Å². The van der Waals surface area contributed by atoms with E-state index in [0.717, 1.165) is 50.9 Å². The molecule has 134 valence electrons. The molecule has 0 aromatic heterocycles. The van der Waals surface area contributed by atoms with Gasteiger partial charge < -0.3 is 10.2 Å². The molecular formula is C21H28N2O2. The van der Waals surface area contributed by atoms with Gasteiger partial charge in [-0.2, -0.15) is 0 Å². The molecule has 4 heteroatoms. The minimum Gasteiger partial charge on any atom is -0.308 e. The third kappa shape index (κ3) is 4.37. The Morgan fingerprint density at radius 3 is 2.92 bits per heavy atom. The lowest BCUT2D eigenvalue weighted by atomic mass is 9.92. The second-order valence-electron chi connectivity index (χ2n) is 7.07. The van der Waals surface area contributed by atoms with Crippen LogP contribution in [0.5, 0.6) is 0 Å². The van der Waals surface area contributed by atoms with Gasteiger partial charge in [0.25, 0.3) is 5.91 Å². The molecule has 0 unspecified atom stereocenters. The van der Waals surface area contributed by atoms with Crippen LogP contribution in [-0.4, -0.2) is 30.8 Å². The maximum Gasteiger partial charge on any atom is 0.250 e. The van der Waals surface area contributed by atoms with Crippen molar-refractivity contribution in [3.05, 3.63) is 42.0 Å². The van der Waals surface area contributed by atoms with Crippen LogP contribution in [0.3, 0.4) is 0 Å². The minimum atomic E-state index is 0.0114. The summed E-state index contributed by atoms with van der Waals surface area (Å²) in [6, 6.07) is 8.08. The van der Waals surface area contributed by atoms with Gasteiger partial charge in [-0.3, -0.25) is 9.59 Å². The molecule has 4 nitrogen and oxygen atoms in total. The van der Waals surface area contributed by atoms with Gasteiger partial charge in [-0.15, -0.1) is 0 Å². The molecule has 3 rings (SSSR count). The van der Waals surface area contributed by atoms with E-state index in [1.54, 1.807) is 6.08 Å². The van der Waals surface area contributed by atoms with Crippen molar-refractivity contribution < 1.29 is 9.59 Å². The molecule has 0 radical (unpaired) electrons. The topological polar surface area (TPSA) is 49.4 Å². The lowest BCUT2D eigenvalue weighted by Gasteiger charge is -2.23. The first-order chi connectivity index (χ1) is 12.2. The Morgan fingerprint density at radius 1 is 1.32 bits per heavy atom. The molecule has 2 aliphatic heterocycles. The van der Waals surface area contributed by atoms with Crippen LogP contribution in [0.4, 0.5) is 5.69 Å². The first kappa shape index (κ1) is 17.9. The highest BCUT2D eigenvalue weighted by molar-refractivity contribution is 6.02. The van der Waals surface area contributed by atoms with Crippen molar-refractivity contribution in [2.75, 3.05) is 18.0 Å². The van der Waals surface area contributed by atoms with E-state index in [4.69, 9.17) is 0 Å². The second-order valence-corrected chi connectivity index (χ2v) is 7.07. The lowest BCUT2D eigenvalue weighted by Crippen LogP contribution is -2.40. The normalized spacial score (nSPS) is 21.3. The number of fused-ring (bicyclic) bond motifs is 1. The Labute approximate surface area is 150 Å². The number of piperidine rings is 1. The molecule has 1 aromatic carbocycles. The summed E-state index contributed by atoms with van der Waals surface area (Å²) in [5, 5.41) is 3.32. The number of carbonyl (C=O) groups is 2. The highest BCUT2D eigenvalue weighted by atomic mass is 16.2. The highest BCUT2D eigenvalue weighted by Crippen LogP contribution is 2.27. The van der Waals surface area contributed by atoms with Crippen LogP contribution in [0.25, 0.3) is 0 Å². The van der Waals surface area contributed by atoms with Crippen molar-refractivity contribution >= 4 is 17.4 Å². The highest BCUT2D eigenvalue weighted by Gasteiger charge is 2.24. The molecule has 1 aromatic rings. The average Bonchev–Trinajstić information content (AvgIpc) is 3.09. The molecule has 1 N–H and O–H groups in total. The molecule has 1 amide bonds. The predicted octanol–water partition coefficient (Wildman–Crippen LogP) is 3.26. The number of hydrogen-bond donors (Lipinski definition) is 1. The van der Waals surface area contributed by atoms with Crippen LogP contribution in [0, 0.1) is 5.92 Å². The monoisotopic (exact) mass is 340 g/mol. The number of benzene rings is 1.